The number of carbonyl (C=O) groups excluding carboxylic acids is 3. The van der Waals surface area contributed by atoms with Crippen LogP contribution >= 0.6 is 0 Å². The van der Waals surface area contributed by atoms with Gasteiger partial charge in [0.25, 0.3) is 0 Å². The quantitative estimate of drug-likeness (QED) is 0.101. The minimum absolute atomic E-state index is 0.0674. The van der Waals surface area contributed by atoms with E-state index in [-0.39, 0.29) is 12.4 Å². The van der Waals surface area contributed by atoms with Gasteiger partial charge in [-0.25, -0.2) is 4.79 Å². The molecule has 0 radical (unpaired) electrons. The molecule has 5 N–H and O–H groups in total. The minimum atomic E-state index is -2.24. The maximum Gasteiger partial charge on any atom is 0.345 e. The molecule has 0 aromatic rings. The Hall–Kier alpha value is -1.85. The lowest BCUT2D eigenvalue weighted by Gasteiger charge is -2.24. The first-order chi connectivity index (χ1) is 13.2. The van der Waals surface area contributed by atoms with E-state index in [2.05, 4.69) is 16.1 Å². The molecule has 10 heteroatoms. The molecule has 0 bridgehead atoms. The van der Waals surface area contributed by atoms with E-state index in [1.165, 1.54) is 0 Å². The maximum atomic E-state index is 11.6. The molecule has 0 rings (SSSR count). The third-order valence-corrected chi connectivity index (χ3v) is 3.94. The largest absolute Gasteiger partial charge is 0.435 e. The standard InChI is InChI=1S/C18H30O10/c1-2-27-13(21)9-7-5-3-4-6-8-10-14(22)28-18(26)17(25)16(24)15(23)12(20)11-19/h2,12,15-17,19-20,23-25H,1,3-11H2/t12-,15-,16+,17-/m1/s1. The Balaban J connectivity index is 3.90. The van der Waals surface area contributed by atoms with E-state index in [4.69, 9.17) is 10.2 Å². The first kappa shape index (κ1) is 26.1. The zero-order chi connectivity index (χ0) is 21.5. The molecule has 0 spiro atoms. The molecule has 0 aliphatic carbocycles. The van der Waals surface area contributed by atoms with Gasteiger partial charge in [0.15, 0.2) is 6.10 Å². The molecule has 162 valence electrons. The summed E-state index contributed by atoms with van der Waals surface area (Å²) >= 11 is 0. The van der Waals surface area contributed by atoms with E-state index in [1.807, 2.05) is 0 Å². The molecule has 0 saturated carbocycles. The van der Waals surface area contributed by atoms with Crippen LogP contribution in [0.2, 0.25) is 0 Å². The molecule has 0 unspecified atom stereocenters. The predicted molar refractivity (Wildman–Crippen MR) is 95.4 cm³/mol. The van der Waals surface area contributed by atoms with Crippen molar-refractivity contribution in [3.05, 3.63) is 12.8 Å². The molecule has 0 aromatic heterocycles. The van der Waals surface area contributed by atoms with Crippen LogP contribution in [0.3, 0.4) is 0 Å². The highest BCUT2D eigenvalue weighted by Gasteiger charge is 2.35. The molecule has 0 amide bonds. The summed E-state index contributed by atoms with van der Waals surface area (Å²) in [6, 6.07) is 0. The van der Waals surface area contributed by atoms with Gasteiger partial charge in [-0.05, 0) is 12.8 Å². The summed E-state index contributed by atoms with van der Waals surface area (Å²) in [7, 11) is 0. The highest BCUT2D eigenvalue weighted by Crippen LogP contribution is 2.11. The number of esters is 3. The molecule has 0 fully saturated rings. The Morgan fingerprint density at radius 2 is 1.32 bits per heavy atom. The van der Waals surface area contributed by atoms with Crippen LogP contribution in [0, 0.1) is 0 Å². The van der Waals surface area contributed by atoms with Crippen molar-refractivity contribution in [1.82, 2.24) is 0 Å². The summed E-state index contributed by atoms with van der Waals surface area (Å²) in [6.45, 7) is 2.40. The van der Waals surface area contributed by atoms with Gasteiger partial charge in [0.1, 0.15) is 18.3 Å². The minimum Gasteiger partial charge on any atom is -0.435 e. The summed E-state index contributed by atoms with van der Waals surface area (Å²) in [5, 5.41) is 46.3. The van der Waals surface area contributed by atoms with Gasteiger partial charge in [0.2, 0.25) is 0 Å². The number of ether oxygens (including phenoxy) is 2. The normalized spacial score (nSPS) is 15.2. The molecular formula is C18H30O10. The number of rotatable bonds is 15. The molecule has 0 heterocycles. The second-order valence-electron chi connectivity index (χ2n) is 6.25. The highest BCUT2D eigenvalue weighted by molar-refractivity contribution is 5.88. The Morgan fingerprint density at radius 1 is 0.821 bits per heavy atom. The zero-order valence-electron chi connectivity index (χ0n) is 15.7. The van der Waals surface area contributed by atoms with Crippen LogP contribution < -0.4 is 0 Å². The Kier molecular flexibility index (Phi) is 14.1. The van der Waals surface area contributed by atoms with Gasteiger partial charge in [-0.15, -0.1) is 0 Å². The number of aliphatic hydroxyl groups excluding tert-OH is 5. The van der Waals surface area contributed by atoms with Crippen LogP contribution in [-0.4, -0.2) is 74.5 Å². The SMILES string of the molecule is C=COC(=O)CCCCCCCCC(=O)OC(=O)[C@H](O)[C@@H](O)[C@H](O)[C@H](O)CO. The summed E-state index contributed by atoms with van der Waals surface area (Å²) in [6.07, 6.45) is -2.40. The van der Waals surface area contributed by atoms with Crippen LogP contribution in [-0.2, 0) is 23.9 Å². The van der Waals surface area contributed by atoms with Crippen LogP contribution in [0.5, 0.6) is 0 Å². The van der Waals surface area contributed by atoms with E-state index in [0.717, 1.165) is 25.5 Å². The molecule has 10 nitrogen and oxygen atoms in total. The lowest BCUT2D eigenvalue weighted by atomic mass is 10.0. The van der Waals surface area contributed by atoms with E-state index in [0.29, 0.717) is 25.7 Å². The van der Waals surface area contributed by atoms with Crippen molar-refractivity contribution in [1.29, 1.82) is 0 Å². The van der Waals surface area contributed by atoms with Gasteiger partial charge in [-0.1, -0.05) is 32.3 Å². The van der Waals surface area contributed by atoms with Crippen LogP contribution in [0.4, 0.5) is 0 Å². The van der Waals surface area contributed by atoms with E-state index in [1.54, 1.807) is 0 Å². The van der Waals surface area contributed by atoms with Crippen molar-refractivity contribution in [2.75, 3.05) is 6.61 Å². The zero-order valence-corrected chi connectivity index (χ0v) is 15.7. The van der Waals surface area contributed by atoms with Crippen molar-refractivity contribution in [2.24, 2.45) is 0 Å². The second kappa shape index (κ2) is 15.1. The summed E-state index contributed by atoms with van der Waals surface area (Å²) < 4.78 is 8.97. The van der Waals surface area contributed by atoms with Gasteiger partial charge in [0, 0.05) is 12.8 Å². The van der Waals surface area contributed by atoms with Crippen molar-refractivity contribution in [3.8, 4) is 0 Å². The topological polar surface area (TPSA) is 171 Å². The van der Waals surface area contributed by atoms with E-state index < -0.39 is 43.0 Å². The Labute approximate surface area is 163 Å². The lowest BCUT2D eigenvalue weighted by Crippen LogP contribution is -2.49. The van der Waals surface area contributed by atoms with Crippen molar-refractivity contribution in [2.45, 2.75) is 75.8 Å². The lowest BCUT2D eigenvalue weighted by molar-refractivity contribution is -0.176. The predicted octanol–water partition coefficient (Wildman–Crippen LogP) is -0.700. The molecule has 0 aliphatic rings. The average Bonchev–Trinajstić information content (AvgIpc) is 2.67. The molecule has 0 aliphatic heterocycles. The number of aliphatic hydroxyl groups is 5. The first-order valence-corrected chi connectivity index (χ1v) is 9.12. The van der Waals surface area contributed by atoms with Gasteiger partial charge < -0.3 is 35.0 Å². The van der Waals surface area contributed by atoms with Crippen LogP contribution in [0.1, 0.15) is 51.4 Å². The molecular weight excluding hydrogens is 376 g/mol. The monoisotopic (exact) mass is 406 g/mol. The molecule has 0 saturated heterocycles. The Bertz CT molecular complexity index is 493. The van der Waals surface area contributed by atoms with Crippen molar-refractivity contribution in [3.63, 3.8) is 0 Å². The summed E-state index contributed by atoms with van der Waals surface area (Å²) in [4.78, 5) is 34.2. The summed E-state index contributed by atoms with van der Waals surface area (Å²) in [5.74, 6) is -2.66. The van der Waals surface area contributed by atoms with Crippen molar-refractivity contribution >= 4 is 17.9 Å². The van der Waals surface area contributed by atoms with Gasteiger partial charge in [-0.3, -0.25) is 9.59 Å². The number of carbonyl (C=O) groups is 3. The maximum absolute atomic E-state index is 11.6. The fraction of sp³-hybridized carbons (Fsp3) is 0.722. The van der Waals surface area contributed by atoms with Gasteiger partial charge >= 0.3 is 17.9 Å². The number of unbranched alkanes of at least 4 members (excludes halogenated alkanes) is 5. The number of hydrogen-bond donors (Lipinski definition) is 5. The number of hydrogen-bond acceptors (Lipinski definition) is 10. The van der Waals surface area contributed by atoms with E-state index in [9.17, 15) is 29.7 Å². The fourth-order valence-electron chi connectivity index (χ4n) is 2.28. The van der Waals surface area contributed by atoms with Crippen molar-refractivity contribution < 1.29 is 49.4 Å². The van der Waals surface area contributed by atoms with Crippen LogP contribution in [0.15, 0.2) is 12.8 Å². The third kappa shape index (κ3) is 11.1. The summed E-state index contributed by atoms with van der Waals surface area (Å²) in [5.41, 5.74) is 0. The van der Waals surface area contributed by atoms with Gasteiger partial charge in [-0.2, -0.15) is 0 Å². The van der Waals surface area contributed by atoms with Crippen LogP contribution in [0.25, 0.3) is 0 Å². The second-order valence-corrected chi connectivity index (χ2v) is 6.25. The van der Waals surface area contributed by atoms with E-state index >= 15 is 0 Å². The first-order valence-electron chi connectivity index (χ1n) is 9.12. The molecule has 28 heavy (non-hydrogen) atoms. The Morgan fingerprint density at radius 3 is 1.82 bits per heavy atom. The molecule has 4 atom stereocenters. The highest BCUT2D eigenvalue weighted by atomic mass is 16.6. The van der Waals surface area contributed by atoms with Gasteiger partial charge in [0.05, 0.1) is 12.9 Å². The smallest absolute Gasteiger partial charge is 0.345 e. The third-order valence-electron chi connectivity index (χ3n) is 3.94. The molecule has 0 aromatic carbocycles. The average molecular weight is 406 g/mol. The fourth-order valence-corrected chi connectivity index (χ4v) is 2.28.